The first-order valence-corrected chi connectivity index (χ1v) is 8.92. The minimum absolute atomic E-state index is 0.213. The summed E-state index contributed by atoms with van der Waals surface area (Å²) >= 11 is 0. The smallest absolute Gasteiger partial charge is 0.416 e. The van der Waals surface area contributed by atoms with Gasteiger partial charge in [0.05, 0.1) is 12.0 Å². The standard InChI is InChI=1S/C23H19F3O3/c1-15-2-4-16(5-3-15)14-29-21-11-17(12-22(27)28)10-19(13-21)18-6-8-20(9-7-18)23(24,25)26/h2-11,13H,12,14H2,1H3,(H,27,28). The van der Waals surface area contributed by atoms with E-state index >= 15 is 0 Å². The second kappa shape index (κ2) is 8.39. The minimum atomic E-state index is -4.41. The van der Waals surface area contributed by atoms with Crippen LogP contribution in [0, 0.1) is 6.92 Å². The van der Waals surface area contributed by atoms with Crippen LogP contribution in [0.15, 0.2) is 66.7 Å². The zero-order valence-corrected chi connectivity index (χ0v) is 15.7. The predicted molar refractivity (Wildman–Crippen MR) is 104 cm³/mol. The first-order chi connectivity index (χ1) is 13.7. The molecule has 0 saturated heterocycles. The number of aliphatic carboxylic acids is 1. The van der Waals surface area contributed by atoms with Crippen molar-refractivity contribution in [3.63, 3.8) is 0 Å². The summed E-state index contributed by atoms with van der Waals surface area (Å²) in [6.45, 7) is 2.28. The average molecular weight is 400 g/mol. The number of rotatable bonds is 6. The van der Waals surface area contributed by atoms with Gasteiger partial charge in [0, 0.05) is 0 Å². The molecule has 1 N–H and O–H groups in total. The molecule has 0 aliphatic carbocycles. The van der Waals surface area contributed by atoms with Crippen molar-refractivity contribution in [3.05, 3.63) is 89.0 Å². The van der Waals surface area contributed by atoms with Crippen molar-refractivity contribution in [1.82, 2.24) is 0 Å². The molecule has 0 amide bonds. The molecule has 29 heavy (non-hydrogen) atoms. The number of halogens is 3. The van der Waals surface area contributed by atoms with Gasteiger partial charge in [0.25, 0.3) is 0 Å². The summed E-state index contributed by atoms with van der Waals surface area (Å²) < 4.78 is 44.2. The zero-order valence-electron chi connectivity index (χ0n) is 15.7. The highest BCUT2D eigenvalue weighted by molar-refractivity contribution is 5.73. The second-order valence-electron chi connectivity index (χ2n) is 6.79. The fourth-order valence-corrected chi connectivity index (χ4v) is 2.89. The van der Waals surface area contributed by atoms with Crippen LogP contribution in [0.4, 0.5) is 13.2 Å². The molecule has 0 unspecified atom stereocenters. The number of hydrogen-bond donors (Lipinski definition) is 1. The lowest BCUT2D eigenvalue weighted by Crippen LogP contribution is -2.04. The molecule has 150 valence electrons. The molecule has 6 heteroatoms. The van der Waals surface area contributed by atoms with Gasteiger partial charge in [-0.3, -0.25) is 4.79 Å². The topological polar surface area (TPSA) is 46.5 Å². The van der Waals surface area contributed by atoms with E-state index in [0.29, 0.717) is 29.0 Å². The van der Waals surface area contributed by atoms with E-state index in [1.807, 2.05) is 31.2 Å². The van der Waals surface area contributed by atoms with Gasteiger partial charge < -0.3 is 9.84 Å². The fraction of sp³-hybridized carbons (Fsp3) is 0.174. The molecule has 0 aromatic heterocycles. The number of ether oxygens (including phenoxy) is 1. The molecule has 3 nitrogen and oxygen atoms in total. The van der Waals surface area contributed by atoms with Gasteiger partial charge in [-0.15, -0.1) is 0 Å². The van der Waals surface area contributed by atoms with Crippen molar-refractivity contribution in [3.8, 4) is 16.9 Å². The lowest BCUT2D eigenvalue weighted by atomic mass is 10.00. The van der Waals surface area contributed by atoms with Crippen molar-refractivity contribution < 1.29 is 27.8 Å². The summed E-state index contributed by atoms with van der Waals surface area (Å²) in [6.07, 6.45) is -4.62. The summed E-state index contributed by atoms with van der Waals surface area (Å²) in [7, 11) is 0. The zero-order chi connectivity index (χ0) is 21.0. The Morgan fingerprint density at radius 1 is 0.897 bits per heavy atom. The third-order valence-corrected chi connectivity index (χ3v) is 4.39. The number of hydrogen-bond acceptors (Lipinski definition) is 2. The highest BCUT2D eigenvalue weighted by Crippen LogP contribution is 2.32. The molecular weight excluding hydrogens is 381 g/mol. The van der Waals surface area contributed by atoms with Crippen LogP contribution in [0.2, 0.25) is 0 Å². The molecule has 0 heterocycles. The Morgan fingerprint density at radius 2 is 1.55 bits per heavy atom. The average Bonchev–Trinajstić information content (AvgIpc) is 2.66. The van der Waals surface area contributed by atoms with Crippen molar-refractivity contribution in [2.24, 2.45) is 0 Å². The Hall–Kier alpha value is -3.28. The summed E-state index contributed by atoms with van der Waals surface area (Å²) in [5.41, 5.74) is 2.99. The highest BCUT2D eigenvalue weighted by Gasteiger charge is 2.30. The SMILES string of the molecule is Cc1ccc(COc2cc(CC(=O)O)cc(-c3ccc(C(F)(F)F)cc3)c2)cc1. The molecule has 3 aromatic carbocycles. The molecule has 0 bridgehead atoms. The first kappa shape index (κ1) is 20.5. The molecule has 0 aliphatic heterocycles. The Morgan fingerprint density at radius 3 is 2.14 bits per heavy atom. The number of carboxylic acid groups (broad SMARTS) is 1. The normalized spacial score (nSPS) is 11.3. The number of aryl methyl sites for hydroxylation is 1. The summed E-state index contributed by atoms with van der Waals surface area (Å²) in [6, 6.07) is 17.5. The van der Waals surface area contributed by atoms with E-state index in [2.05, 4.69) is 0 Å². The summed E-state index contributed by atoms with van der Waals surface area (Å²) in [5, 5.41) is 9.11. The minimum Gasteiger partial charge on any atom is -0.489 e. The van der Waals surface area contributed by atoms with E-state index in [9.17, 15) is 18.0 Å². The molecule has 0 aliphatic rings. The monoisotopic (exact) mass is 400 g/mol. The van der Waals surface area contributed by atoms with Crippen molar-refractivity contribution in [2.45, 2.75) is 26.1 Å². The van der Waals surface area contributed by atoms with Crippen molar-refractivity contribution in [2.75, 3.05) is 0 Å². The van der Waals surface area contributed by atoms with Gasteiger partial charge in [-0.1, -0.05) is 48.0 Å². The van der Waals surface area contributed by atoms with Crippen LogP contribution in [0.25, 0.3) is 11.1 Å². The molecular formula is C23H19F3O3. The van der Waals surface area contributed by atoms with Crippen molar-refractivity contribution >= 4 is 5.97 Å². The number of alkyl halides is 3. The molecule has 0 saturated carbocycles. The van der Waals surface area contributed by atoms with Gasteiger partial charge in [0.15, 0.2) is 0 Å². The van der Waals surface area contributed by atoms with E-state index in [0.717, 1.165) is 23.3 Å². The van der Waals surface area contributed by atoms with E-state index in [1.165, 1.54) is 12.1 Å². The Labute approximate surface area is 166 Å². The van der Waals surface area contributed by atoms with Crippen LogP contribution in [-0.4, -0.2) is 11.1 Å². The lowest BCUT2D eigenvalue weighted by Gasteiger charge is -2.12. The van der Waals surface area contributed by atoms with Gasteiger partial charge in [0.1, 0.15) is 12.4 Å². The number of carboxylic acids is 1. The predicted octanol–water partition coefficient (Wildman–Crippen LogP) is 5.89. The third kappa shape index (κ3) is 5.60. The van der Waals surface area contributed by atoms with E-state index in [-0.39, 0.29) is 6.42 Å². The van der Waals surface area contributed by atoms with Crippen LogP contribution >= 0.6 is 0 Å². The molecule has 0 radical (unpaired) electrons. The maximum absolute atomic E-state index is 12.8. The molecule has 0 fully saturated rings. The van der Waals surface area contributed by atoms with Gasteiger partial charge in [-0.05, 0) is 53.4 Å². The second-order valence-corrected chi connectivity index (χ2v) is 6.79. The van der Waals surface area contributed by atoms with Crippen LogP contribution in [0.5, 0.6) is 5.75 Å². The Bertz CT molecular complexity index is 991. The van der Waals surface area contributed by atoms with Gasteiger partial charge >= 0.3 is 12.1 Å². The highest BCUT2D eigenvalue weighted by atomic mass is 19.4. The van der Waals surface area contributed by atoms with Crippen LogP contribution in [0.1, 0.15) is 22.3 Å². The maximum Gasteiger partial charge on any atom is 0.416 e. The molecule has 3 aromatic rings. The van der Waals surface area contributed by atoms with E-state index in [1.54, 1.807) is 18.2 Å². The Kier molecular flexibility index (Phi) is 5.92. The van der Waals surface area contributed by atoms with Crippen LogP contribution < -0.4 is 4.74 Å². The molecule has 0 atom stereocenters. The Balaban J connectivity index is 1.88. The van der Waals surface area contributed by atoms with Crippen LogP contribution in [-0.2, 0) is 24.0 Å². The van der Waals surface area contributed by atoms with E-state index in [4.69, 9.17) is 9.84 Å². The third-order valence-electron chi connectivity index (χ3n) is 4.39. The number of carbonyl (C=O) groups is 1. The van der Waals surface area contributed by atoms with Gasteiger partial charge in [0.2, 0.25) is 0 Å². The fourth-order valence-electron chi connectivity index (χ4n) is 2.89. The largest absolute Gasteiger partial charge is 0.489 e. The van der Waals surface area contributed by atoms with E-state index < -0.39 is 17.7 Å². The first-order valence-electron chi connectivity index (χ1n) is 8.92. The molecule has 3 rings (SSSR count). The summed E-state index contributed by atoms with van der Waals surface area (Å²) in [4.78, 5) is 11.1. The number of benzene rings is 3. The van der Waals surface area contributed by atoms with Gasteiger partial charge in [-0.2, -0.15) is 13.2 Å². The van der Waals surface area contributed by atoms with Gasteiger partial charge in [-0.25, -0.2) is 0 Å². The van der Waals surface area contributed by atoms with Crippen molar-refractivity contribution in [1.29, 1.82) is 0 Å². The quantitative estimate of drug-likeness (QED) is 0.561. The molecule has 0 spiro atoms. The van der Waals surface area contributed by atoms with Crippen LogP contribution in [0.3, 0.4) is 0 Å². The lowest BCUT2D eigenvalue weighted by molar-refractivity contribution is -0.138. The maximum atomic E-state index is 12.8. The summed E-state index contributed by atoms with van der Waals surface area (Å²) in [5.74, 6) is -0.543.